The molecule has 0 bridgehead atoms. The third-order valence-electron chi connectivity index (χ3n) is 3.15. The predicted molar refractivity (Wildman–Crippen MR) is 80.7 cm³/mol. The molecule has 0 unspecified atom stereocenters. The Morgan fingerprint density at radius 3 is 2.77 bits per heavy atom. The van der Waals surface area contributed by atoms with E-state index in [0.717, 1.165) is 0 Å². The summed E-state index contributed by atoms with van der Waals surface area (Å²) in [5.41, 5.74) is -0.126. The summed E-state index contributed by atoms with van der Waals surface area (Å²) in [7, 11) is 0. The second-order valence-electron chi connectivity index (χ2n) is 4.53. The molecule has 9 heteroatoms. The zero-order chi connectivity index (χ0) is 15.9. The number of benzene rings is 1. The number of carboxylic acid groups (broad SMARTS) is 1. The highest BCUT2D eigenvalue weighted by Gasteiger charge is 2.16. The van der Waals surface area contributed by atoms with Gasteiger partial charge in [-0.15, -0.1) is 5.10 Å². The number of hydrogen-bond donors (Lipinski definition) is 2. The van der Waals surface area contributed by atoms with E-state index >= 15 is 0 Å². The monoisotopic (exact) mass is 338 g/mol. The summed E-state index contributed by atoms with van der Waals surface area (Å²) >= 11 is 12.3. The summed E-state index contributed by atoms with van der Waals surface area (Å²) in [6, 6.07) is 2.77. The second kappa shape index (κ2) is 5.43. The van der Waals surface area contributed by atoms with Crippen molar-refractivity contribution in [3.05, 3.63) is 56.1 Å². The van der Waals surface area contributed by atoms with Crippen molar-refractivity contribution in [1.82, 2.24) is 20.0 Å². The van der Waals surface area contributed by atoms with Gasteiger partial charge in [0, 0.05) is 17.1 Å². The molecular formula is C13H8Cl2N4O3. The Balaban J connectivity index is 2.29. The average molecular weight is 339 g/mol. The Labute approximate surface area is 133 Å². The largest absolute Gasteiger partial charge is 0.477 e. The summed E-state index contributed by atoms with van der Waals surface area (Å²) in [4.78, 5) is 25.5. The lowest BCUT2D eigenvalue weighted by Crippen LogP contribution is -2.18. The van der Waals surface area contributed by atoms with Crippen molar-refractivity contribution < 1.29 is 9.90 Å². The molecule has 0 spiro atoms. The molecule has 2 heterocycles. The second-order valence-corrected chi connectivity index (χ2v) is 5.32. The Morgan fingerprint density at radius 2 is 2.14 bits per heavy atom. The molecule has 2 N–H and O–H groups in total. The maximum absolute atomic E-state index is 11.9. The quantitative estimate of drug-likeness (QED) is 0.762. The molecule has 7 nitrogen and oxygen atoms in total. The summed E-state index contributed by atoms with van der Waals surface area (Å²) < 4.78 is 1.51. The van der Waals surface area contributed by atoms with Crippen LogP contribution in [0.3, 0.4) is 0 Å². The molecule has 0 amide bonds. The van der Waals surface area contributed by atoms with Gasteiger partial charge in [-0.25, -0.2) is 9.48 Å². The van der Waals surface area contributed by atoms with Gasteiger partial charge < -0.3 is 10.1 Å². The molecule has 0 aliphatic carbocycles. The number of fused-ring (bicyclic) bond motifs is 1. The smallest absolute Gasteiger partial charge is 0.341 e. The topological polar surface area (TPSA) is 101 Å². The Kier molecular flexibility index (Phi) is 3.59. The van der Waals surface area contributed by atoms with Crippen molar-refractivity contribution in [2.24, 2.45) is 0 Å². The first-order valence-corrected chi connectivity index (χ1v) is 6.84. The Morgan fingerprint density at radius 1 is 1.36 bits per heavy atom. The lowest BCUT2D eigenvalue weighted by atomic mass is 10.1. The van der Waals surface area contributed by atoms with Gasteiger partial charge in [-0.1, -0.05) is 28.4 Å². The zero-order valence-corrected chi connectivity index (χ0v) is 12.4. The molecule has 0 aliphatic rings. The van der Waals surface area contributed by atoms with E-state index in [4.69, 9.17) is 28.3 Å². The van der Waals surface area contributed by atoms with Crippen LogP contribution in [0.4, 0.5) is 0 Å². The molecular weight excluding hydrogens is 331 g/mol. The van der Waals surface area contributed by atoms with Crippen LogP contribution in [0, 0.1) is 0 Å². The summed E-state index contributed by atoms with van der Waals surface area (Å²) in [5.74, 6) is -1.31. The first-order chi connectivity index (χ1) is 10.5. The number of aromatic amines is 1. The van der Waals surface area contributed by atoms with Gasteiger partial charge in [0.1, 0.15) is 5.56 Å². The van der Waals surface area contributed by atoms with Gasteiger partial charge in [-0.3, -0.25) is 4.79 Å². The fourth-order valence-corrected chi connectivity index (χ4v) is 2.59. The number of nitrogens with zero attached hydrogens (tertiary/aromatic N) is 3. The standard InChI is InChI=1S/C13H8Cl2N4O3/c14-9-4-6-3-7(13(21)22)12(20)17-11(6)8(10(9)15)5-19-2-1-16-18-19/h1-4H,5H2,(H,17,20)(H,21,22). The molecule has 0 atom stereocenters. The highest BCUT2D eigenvalue weighted by Crippen LogP contribution is 2.32. The molecule has 0 aliphatic heterocycles. The lowest BCUT2D eigenvalue weighted by molar-refractivity contribution is 0.0695. The minimum atomic E-state index is -1.31. The minimum Gasteiger partial charge on any atom is -0.477 e. The maximum atomic E-state index is 11.9. The molecule has 0 radical (unpaired) electrons. The number of nitrogens with one attached hydrogen (secondary N) is 1. The van der Waals surface area contributed by atoms with Gasteiger partial charge in [-0.05, 0) is 12.1 Å². The van der Waals surface area contributed by atoms with Gasteiger partial charge in [0.2, 0.25) is 0 Å². The highest BCUT2D eigenvalue weighted by molar-refractivity contribution is 6.43. The molecule has 3 rings (SSSR count). The SMILES string of the molecule is O=C(O)c1cc2cc(Cl)c(Cl)c(Cn3ccnn3)c2[nH]c1=O. The molecule has 112 valence electrons. The summed E-state index contributed by atoms with van der Waals surface area (Å²) in [6.07, 6.45) is 3.14. The van der Waals surface area contributed by atoms with E-state index < -0.39 is 11.5 Å². The fraction of sp³-hybridized carbons (Fsp3) is 0.0769. The van der Waals surface area contributed by atoms with Gasteiger partial charge in [0.15, 0.2) is 0 Å². The van der Waals surface area contributed by atoms with Gasteiger partial charge in [0.05, 0.1) is 28.3 Å². The van der Waals surface area contributed by atoms with Crippen LogP contribution in [0.15, 0.2) is 29.3 Å². The molecule has 0 fully saturated rings. The number of H-pyrrole nitrogens is 1. The van der Waals surface area contributed by atoms with Crippen LogP contribution in [-0.4, -0.2) is 31.1 Å². The van der Waals surface area contributed by atoms with Gasteiger partial charge in [-0.2, -0.15) is 0 Å². The van der Waals surface area contributed by atoms with Crippen molar-refractivity contribution in [1.29, 1.82) is 0 Å². The van der Waals surface area contributed by atoms with E-state index in [9.17, 15) is 9.59 Å². The van der Waals surface area contributed by atoms with E-state index in [-0.39, 0.29) is 22.2 Å². The van der Waals surface area contributed by atoms with Crippen LogP contribution in [0.5, 0.6) is 0 Å². The first kappa shape index (κ1) is 14.6. The van der Waals surface area contributed by atoms with Gasteiger partial charge >= 0.3 is 5.97 Å². The Bertz CT molecular complexity index is 935. The maximum Gasteiger partial charge on any atom is 0.341 e. The van der Waals surface area contributed by atoms with Crippen LogP contribution >= 0.6 is 23.2 Å². The molecule has 1 aromatic carbocycles. The normalized spacial score (nSPS) is 11.0. The van der Waals surface area contributed by atoms with E-state index in [0.29, 0.717) is 16.5 Å². The average Bonchev–Trinajstić information content (AvgIpc) is 2.97. The summed E-state index contributed by atoms with van der Waals surface area (Å²) in [5, 5.41) is 17.6. The van der Waals surface area contributed by atoms with Crippen molar-refractivity contribution in [2.75, 3.05) is 0 Å². The number of aromatic carboxylic acids is 1. The number of carbonyl (C=O) groups is 1. The van der Waals surface area contributed by atoms with Crippen LogP contribution < -0.4 is 5.56 Å². The molecule has 22 heavy (non-hydrogen) atoms. The zero-order valence-electron chi connectivity index (χ0n) is 10.9. The molecule has 2 aromatic heterocycles. The number of rotatable bonds is 3. The van der Waals surface area contributed by atoms with Crippen LogP contribution in [-0.2, 0) is 6.54 Å². The van der Waals surface area contributed by atoms with E-state index in [2.05, 4.69) is 15.3 Å². The molecule has 3 aromatic rings. The van der Waals surface area contributed by atoms with E-state index in [1.807, 2.05) is 0 Å². The third-order valence-corrected chi connectivity index (χ3v) is 3.98. The number of pyridine rings is 1. The molecule has 0 saturated carbocycles. The molecule has 0 saturated heterocycles. The van der Waals surface area contributed by atoms with Crippen LogP contribution in [0.2, 0.25) is 10.0 Å². The van der Waals surface area contributed by atoms with E-state index in [1.165, 1.54) is 23.0 Å². The van der Waals surface area contributed by atoms with Crippen molar-refractivity contribution in [2.45, 2.75) is 6.54 Å². The van der Waals surface area contributed by atoms with Crippen LogP contribution in [0.1, 0.15) is 15.9 Å². The highest BCUT2D eigenvalue weighted by atomic mass is 35.5. The van der Waals surface area contributed by atoms with Crippen molar-refractivity contribution in [3.8, 4) is 0 Å². The first-order valence-electron chi connectivity index (χ1n) is 6.08. The van der Waals surface area contributed by atoms with Gasteiger partial charge in [0.25, 0.3) is 5.56 Å². The van der Waals surface area contributed by atoms with Crippen molar-refractivity contribution in [3.63, 3.8) is 0 Å². The summed E-state index contributed by atoms with van der Waals surface area (Å²) in [6.45, 7) is 0.234. The Hall–Kier alpha value is -2.38. The minimum absolute atomic E-state index is 0.234. The number of halogens is 2. The predicted octanol–water partition coefficient (Wildman–Crippen LogP) is 2.17. The van der Waals surface area contributed by atoms with Crippen molar-refractivity contribution >= 4 is 40.1 Å². The third kappa shape index (κ3) is 2.44. The number of hydrogen-bond acceptors (Lipinski definition) is 4. The lowest BCUT2D eigenvalue weighted by Gasteiger charge is -2.11. The van der Waals surface area contributed by atoms with E-state index in [1.54, 1.807) is 6.20 Å². The number of carboxylic acids is 1. The number of aromatic nitrogens is 4. The van der Waals surface area contributed by atoms with Crippen LogP contribution in [0.25, 0.3) is 10.9 Å². The fourth-order valence-electron chi connectivity index (χ4n) is 2.15.